The lowest BCUT2D eigenvalue weighted by atomic mass is 10.2. The standard InChI is InChI=1S/C9H12F3N3O2/c1-5-3-7(16)15(8(14-5)17-2)6(4-13)9(10,11)12/h3,6H,4,13H2,1-2H3. The van der Waals surface area contributed by atoms with Crippen LogP contribution in [0.25, 0.3) is 0 Å². The first kappa shape index (κ1) is 13.5. The van der Waals surface area contributed by atoms with Crippen molar-refractivity contribution in [2.75, 3.05) is 13.7 Å². The summed E-state index contributed by atoms with van der Waals surface area (Å²) < 4.78 is 43.1. The van der Waals surface area contributed by atoms with Crippen LogP contribution < -0.4 is 16.0 Å². The summed E-state index contributed by atoms with van der Waals surface area (Å²) in [5.74, 6) is 0. The quantitative estimate of drug-likeness (QED) is 0.855. The highest BCUT2D eigenvalue weighted by molar-refractivity contribution is 5.09. The van der Waals surface area contributed by atoms with E-state index in [0.29, 0.717) is 4.57 Å². The summed E-state index contributed by atoms with van der Waals surface area (Å²) in [4.78, 5) is 15.3. The molecule has 2 N–H and O–H groups in total. The first-order chi connectivity index (χ1) is 7.81. The summed E-state index contributed by atoms with van der Waals surface area (Å²) in [5, 5.41) is 0. The summed E-state index contributed by atoms with van der Waals surface area (Å²) in [6, 6.07) is -1.54. The van der Waals surface area contributed by atoms with E-state index in [1.165, 1.54) is 6.92 Å². The van der Waals surface area contributed by atoms with Crippen LogP contribution in [-0.4, -0.2) is 29.4 Å². The van der Waals surface area contributed by atoms with Gasteiger partial charge in [0.15, 0.2) is 0 Å². The van der Waals surface area contributed by atoms with Crippen molar-refractivity contribution in [1.29, 1.82) is 0 Å². The number of hydrogen-bond donors (Lipinski definition) is 1. The lowest BCUT2D eigenvalue weighted by Crippen LogP contribution is -2.39. The molecule has 0 aliphatic heterocycles. The van der Waals surface area contributed by atoms with Gasteiger partial charge in [-0.25, -0.2) is 9.55 Å². The Morgan fingerprint density at radius 2 is 2.18 bits per heavy atom. The number of hydrogen-bond acceptors (Lipinski definition) is 4. The van der Waals surface area contributed by atoms with E-state index in [9.17, 15) is 18.0 Å². The normalized spacial score (nSPS) is 13.5. The van der Waals surface area contributed by atoms with Crippen molar-refractivity contribution < 1.29 is 17.9 Å². The molecule has 1 aromatic rings. The van der Waals surface area contributed by atoms with Crippen LogP contribution >= 0.6 is 0 Å². The number of aryl methyl sites for hydroxylation is 1. The van der Waals surface area contributed by atoms with E-state index in [2.05, 4.69) is 9.72 Å². The van der Waals surface area contributed by atoms with E-state index < -0.39 is 30.3 Å². The maximum atomic E-state index is 12.7. The molecule has 0 aromatic carbocycles. The van der Waals surface area contributed by atoms with Crippen LogP contribution in [0, 0.1) is 6.92 Å². The van der Waals surface area contributed by atoms with Gasteiger partial charge < -0.3 is 10.5 Å². The predicted molar refractivity (Wildman–Crippen MR) is 53.9 cm³/mol. The van der Waals surface area contributed by atoms with Crippen molar-refractivity contribution in [3.63, 3.8) is 0 Å². The highest BCUT2D eigenvalue weighted by Crippen LogP contribution is 2.30. The van der Waals surface area contributed by atoms with Gasteiger partial charge in [-0.2, -0.15) is 13.2 Å². The van der Waals surface area contributed by atoms with Gasteiger partial charge in [-0.1, -0.05) is 0 Å². The van der Waals surface area contributed by atoms with Crippen LogP contribution in [0.3, 0.4) is 0 Å². The Balaban J connectivity index is 3.43. The zero-order valence-electron chi connectivity index (χ0n) is 9.28. The first-order valence-electron chi connectivity index (χ1n) is 4.72. The van der Waals surface area contributed by atoms with Crippen molar-refractivity contribution in [2.24, 2.45) is 5.73 Å². The van der Waals surface area contributed by atoms with Gasteiger partial charge in [0, 0.05) is 18.3 Å². The maximum absolute atomic E-state index is 12.7. The molecule has 0 saturated heterocycles. The summed E-state index contributed by atoms with van der Waals surface area (Å²) >= 11 is 0. The number of nitrogens with two attached hydrogens (primary N) is 1. The molecule has 0 bridgehead atoms. The Morgan fingerprint density at radius 3 is 2.59 bits per heavy atom. The molecular formula is C9H12F3N3O2. The number of rotatable bonds is 3. The molecule has 5 nitrogen and oxygen atoms in total. The third-order valence-corrected chi connectivity index (χ3v) is 2.14. The zero-order chi connectivity index (χ0) is 13.2. The average molecular weight is 251 g/mol. The molecule has 1 aromatic heterocycles. The van der Waals surface area contributed by atoms with Crippen LogP contribution in [-0.2, 0) is 0 Å². The Kier molecular flexibility index (Phi) is 3.76. The number of aromatic nitrogens is 2. The van der Waals surface area contributed by atoms with Crippen molar-refractivity contribution in [3.05, 3.63) is 22.1 Å². The Bertz CT molecular complexity index is 456. The summed E-state index contributed by atoms with van der Waals surface area (Å²) in [6.07, 6.45) is -4.64. The minimum absolute atomic E-state index is 0.279. The Hall–Kier alpha value is -1.57. The summed E-state index contributed by atoms with van der Waals surface area (Å²) in [7, 11) is 1.14. The molecule has 1 atom stereocenters. The van der Waals surface area contributed by atoms with Crippen LogP contribution in [0.5, 0.6) is 6.01 Å². The fourth-order valence-corrected chi connectivity index (χ4v) is 1.40. The van der Waals surface area contributed by atoms with E-state index in [1.807, 2.05) is 0 Å². The number of halogens is 3. The van der Waals surface area contributed by atoms with Gasteiger partial charge >= 0.3 is 6.18 Å². The molecule has 96 valence electrons. The van der Waals surface area contributed by atoms with E-state index in [4.69, 9.17) is 5.73 Å². The summed E-state index contributed by atoms with van der Waals surface area (Å²) in [6.45, 7) is 0.726. The third-order valence-electron chi connectivity index (χ3n) is 2.14. The van der Waals surface area contributed by atoms with Crippen LogP contribution in [0.15, 0.2) is 10.9 Å². The summed E-state index contributed by atoms with van der Waals surface area (Å²) in [5.41, 5.74) is 4.49. The Morgan fingerprint density at radius 1 is 1.59 bits per heavy atom. The number of ether oxygens (including phenoxy) is 1. The minimum Gasteiger partial charge on any atom is -0.468 e. The fraction of sp³-hybridized carbons (Fsp3) is 0.556. The molecule has 0 aliphatic rings. The highest BCUT2D eigenvalue weighted by atomic mass is 19.4. The first-order valence-corrected chi connectivity index (χ1v) is 4.72. The van der Waals surface area contributed by atoms with E-state index in [1.54, 1.807) is 0 Å². The largest absolute Gasteiger partial charge is 0.468 e. The number of methoxy groups -OCH3 is 1. The number of nitrogens with zero attached hydrogens (tertiary/aromatic N) is 2. The molecule has 0 aliphatic carbocycles. The second-order valence-corrected chi connectivity index (χ2v) is 3.39. The van der Waals surface area contributed by atoms with E-state index in [0.717, 1.165) is 13.2 Å². The van der Waals surface area contributed by atoms with Crippen LogP contribution in [0.1, 0.15) is 11.7 Å². The average Bonchev–Trinajstić information content (AvgIpc) is 2.19. The fourth-order valence-electron chi connectivity index (χ4n) is 1.40. The second kappa shape index (κ2) is 4.74. The lowest BCUT2D eigenvalue weighted by Gasteiger charge is -2.22. The zero-order valence-corrected chi connectivity index (χ0v) is 9.28. The van der Waals surface area contributed by atoms with Crippen molar-refractivity contribution >= 4 is 0 Å². The molecular weight excluding hydrogens is 239 g/mol. The highest BCUT2D eigenvalue weighted by Gasteiger charge is 2.42. The van der Waals surface area contributed by atoms with Crippen LogP contribution in [0.2, 0.25) is 0 Å². The van der Waals surface area contributed by atoms with Crippen LogP contribution in [0.4, 0.5) is 13.2 Å². The van der Waals surface area contributed by atoms with Crippen molar-refractivity contribution in [1.82, 2.24) is 9.55 Å². The molecule has 0 fully saturated rings. The minimum atomic E-state index is -4.64. The molecule has 0 radical (unpaired) electrons. The van der Waals surface area contributed by atoms with Gasteiger partial charge in [0.2, 0.25) is 0 Å². The molecule has 0 saturated carbocycles. The topological polar surface area (TPSA) is 70.1 Å². The van der Waals surface area contributed by atoms with Crippen molar-refractivity contribution in [3.8, 4) is 6.01 Å². The third kappa shape index (κ3) is 2.76. The van der Waals surface area contributed by atoms with E-state index in [-0.39, 0.29) is 5.69 Å². The van der Waals surface area contributed by atoms with Gasteiger partial charge in [-0.3, -0.25) is 4.79 Å². The van der Waals surface area contributed by atoms with Gasteiger partial charge in [-0.05, 0) is 6.92 Å². The second-order valence-electron chi connectivity index (χ2n) is 3.39. The molecule has 17 heavy (non-hydrogen) atoms. The van der Waals surface area contributed by atoms with Gasteiger partial charge in [0.05, 0.1) is 7.11 Å². The molecule has 1 heterocycles. The smallest absolute Gasteiger partial charge is 0.410 e. The van der Waals surface area contributed by atoms with Gasteiger partial charge in [0.25, 0.3) is 11.6 Å². The molecule has 0 amide bonds. The molecule has 1 unspecified atom stereocenters. The predicted octanol–water partition coefficient (Wildman–Crippen LogP) is 0.622. The monoisotopic (exact) mass is 251 g/mol. The van der Waals surface area contributed by atoms with E-state index >= 15 is 0 Å². The molecule has 8 heteroatoms. The SMILES string of the molecule is COc1nc(C)cc(=O)n1C(CN)C(F)(F)F. The van der Waals surface area contributed by atoms with Gasteiger partial charge in [-0.15, -0.1) is 0 Å². The molecule has 1 rings (SSSR count). The maximum Gasteiger partial charge on any atom is 0.410 e. The number of alkyl halides is 3. The molecule has 0 spiro atoms. The lowest BCUT2D eigenvalue weighted by molar-refractivity contribution is -0.166. The van der Waals surface area contributed by atoms with Gasteiger partial charge in [0.1, 0.15) is 6.04 Å². The Labute approximate surface area is 95.0 Å². The van der Waals surface area contributed by atoms with Crippen molar-refractivity contribution in [2.45, 2.75) is 19.1 Å².